The van der Waals surface area contributed by atoms with E-state index in [0.717, 1.165) is 25.7 Å². The smallest absolute Gasteiger partial charge is 0.303 e. The Morgan fingerprint density at radius 1 is 1.07 bits per heavy atom. The van der Waals surface area contributed by atoms with Crippen LogP contribution >= 0.6 is 0 Å². The molecule has 0 aromatic heterocycles. The van der Waals surface area contributed by atoms with E-state index >= 15 is 0 Å². The van der Waals surface area contributed by atoms with Gasteiger partial charge in [0.05, 0.1) is 0 Å². The average molecular weight is 385 g/mol. The fourth-order valence-electron chi connectivity index (χ4n) is 7.48. The summed E-state index contributed by atoms with van der Waals surface area (Å²) >= 11 is 0. The molecule has 4 heteroatoms. The lowest BCUT2D eigenvalue weighted by atomic mass is 9.47. The van der Waals surface area contributed by atoms with Crippen molar-refractivity contribution in [3.05, 3.63) is 23.3 Å². The average Bonchev–Trinajstić information content (AvgIpc) is 2.90. The number of ether oxygens (including phenoxy) is 1. The number of hydrogen-bond donors (Lipinski definition) is 0. The SMILES string of the molecule is CC(=O)O[C@]1(C(C)=O)CC[C@H]2C3C=C(C)C4=CC(=O)CCC4(C)[C@H]3CCC21C. The number of allylic oxidation sites excluding steroid dienone is 4. The highest BCUT2D eigenvalue weighted by molar-refractivity contribution is 5.92. The number of carbonyl (C=O) groups excluding carboxylic acids is 3. The number of Topliss-reactive ketones (excluding diaryl/α,β-unsaturated/α-hetero) is 1. The molecule has 4 aliphatic carbocycles. The zero-order valence-electron chi connectivity index (χ0n) is 17.8. The summed E-state index contributed by atoms with van der Waals surface area (Å²) in [6.07, 6.45) is 9.20. The van der Waals surface area contributed by atoms with Gasteiger partial charge in [-0.25, -0.2) is 0 Å². The van der Waals surface area contributed by atoms with E-state index in [4.69, 9.17) is 4.74 Å². The largest absolute Gasteiger partial charge is 0.451 e. The molecule has 6 atom stereocenters. The van der Waals surface area contributed by atoms with Gasteiger partial charge >= 0.3 is 5.97 Å². The van der Waals surface area contributed by atoms with Gasteiger partial charge in [0.25, 0.3) is 0 Å². The summed E-state index contributed by atoms with van der Waals surface area (Å²) in [5, 5.41) is 0. The number of esters is 1. The molecule has 0 aliphatic heterocycles. The first kappa shape index (κ1) is 19.6. The Morgan fingerprint density at radius 3 is 2.39 bits per heavy atom. The first-order chi connectivity index (χ1) is 13.0. The zero-order valence-corrected chi connectivity index (χ0v) is 17.8. The third kappa shape index (κ3) is 2.39. The van der Waals surface area contributed by atoms with Gasteiger partial charge < -0.3 is 4.74 Å². The highest BCUT2D eigenvalue weighted by Gasteiger charge is 2.67. The number of hydrogen-bond acceptors (Lipinski definition) is 4. The van der Waals surface area contributed by atoms with Crippen molar-refractivity contribution in [1.82, 2.24) is 0 Å². The van der Waals surface area contributed by atoms with Crippen LogP contribution in [0.25, 0.3) is 0 Å². The number of carbonyl (C=O) groups is 3. The van der Waals surface area contributed by atoms with Crippen molar-refractivity contribution < 1.29 is 19.1 Å². The van der Waals surface area contributed by atoms with Gasteiger partial charge in [-0.2, -0.15) is 0 Å². The summed E-state index contributed by atoms with van der Waals surface area (Å²) in [6, 6.07) is 0. The minimum atomic E-state index is -0.990. The van der Waals surface area contributed by atoms with Crippen LogP contribution in [-0.4, -0.2) is 23.1 Å². The molecule has 0 amide bonds. The quantitative estimate of drug-likeness (QED) is 0.654. The normalized spacial score (nSPS) is 44.6. The van der Waals surface area contributed by atoms with Crippen LogP contribution in [0, 0.1) is 28.6 Å². The van der Waals surface area contributed by atoms with E-state index in [1.807, 2.05) is 6.08 Å². The first-order valence-corrected chi connectivity index (χ1v) is 10.7. The molecule has 0 spiro atoms. The van der Waals surface area contributed by atoms with Crippen molar-refractivity contribution in [2.45, 2.75) is 78.7 Å². The lowest BCUT2D eigenvalue weighted by molar-refractivity contribution is -0.185. The molecular weight excluding hydrogens is 352 g/mol. The highest BCUT2D eigenvalue weighted by Crippen LogP contribution is 2.67. The van der Waals surface area contributed by atoms with Crippen LogP contribution < -0.4 is 0 Å². The Labute approximate surface area is 167 Å². The van der Waals surface area contributed by atoms with Gasteiger partial charge in [-0.15, -0.1) is 0 Å². The third-order valence-corrected chi connectivity index (χ3v) is 8.84. The summed E-state index contributed by atoms with van der Waals surface area (Å²) in [5.41, 5.74) is 1.15. The van der Waals surface area contributed by atoms with Gasteiger partial charge in [-0.3, -0.25) is 14.4 Å². The van der Waals surface area contributed by atoms with E-state index in [1.165, 1.54) is 18.1 Å². The second kappa shape index (κ2) is 6.14. The van der Waals surface area contributed by atoms with Crippen LogP contribution in [0.2, 0.25) is 0 Å². The minimum absolute atomic E-state index is 0.0160. The molecule has 28 heavy (non-hydrogen) atoms. The van der Waals surface area contributed by atoms with Gasteiger partial charge in [-0.05, 0) is 80.8 Å². The molecule has 0 aromatic rings. The van der Waals surface area contributed by atoms with E-state index < -0.39 is 5.60 Å². The molecule has 4 aliphatic rings. The maximum absolute atomic E-state index is 12.8. The molecule has 0 N–H and O–H groups in total. The molecule has 0 radical (unpaired) electrons. The van der Waals surface area contributed by atoms with Crippen molar-refractivity contribution >= 4 is 17.5 Å². The number of rotatable bonds is 2. The lowest BCUT2D eigenvalue weighted by Crippen LogP contribution is -2.58. The van der Waals surface area contributed by atoms with Crippen molar-refractivity contribution in [1.29, 1.82) is 0 Å². The summed E-state index contributed by atoms with van der Waals surface area (Å²) < 4.78 is 5.82. The number of fused-ring (bicyclic) bond motifs is 5. The van der Waals surface area contributed by atoms with Crippen molar-refractivity contribution in [3.8, 4) is 0 Å². The van der Waals surface area contributed by atoms with Crippen LogP contribution in [-0.2, 0) is 19.1 Å². The molecular formula is C24H32O4. The van der Waals surface area contributed by atoms with Crippen LogP contribution in [0.4, 0.5) is 0 Å². The summed E-state index contributed by atoms with van der Waals surface area (Å²) in [7, 11) is 0. The van der Waals surface area contributed by atoms with Gasteiger partial charge in [-0.1, -0.05) is 25.5 Å². The monoisotopic (exact) mass is 384 g/mol. The Balaban J connectivity index is 1.79. The Morgan fingerprint density at radius 2 is 1.75 bits per heavy atom. The van der Waals surface area contributed by atoms with Crippen molar-refractivity contribution in [2.75, 3.05) is 0 Å². The predicted octanol–water partition coefficient (Wildman–Crippen LogP) is 4.58. The molecule has 0 saturated heterocycles. The molecule has 2 saturated carbocycles. The van der Waals surface area contributed by atoms with Gasteiger partial charge in [0.2, 0.25) is 0 Å². The second-order valence-electron chi connectivity index (χ2n) is 10.1. The maximum Gasteiger partial charge on any atom is 0.303 e. The van der Waals surface area contributed by atoms with Crippen molar-refractivity contribution in [2.24, 2.45) is 28.6 Å². The molecule has 0 bridgehead atoms. The molecule has 4 rings (SSSR count). The second-order valence-corrected chi connectivity index (χ2v) is 10.1. The van der Waals surface area contributed by atoms with Crippen molar-refractivity contribution in [3.63, 3.8) is 0 Å². The van der Waals surface area contributed by atoms with E-state index in [2.05, 4.69) is 26.8 Å². The zero-order chi connectivity index (χ0) is 20.5. The standard InChI is InChI=1S/C24H32O4/c1-14-12-18-19(22(4)9-6-17(27)13-21(14)22)7-10-23(5)20(18)8-11-24(23,15(2)25)28-16(3)26/h12-13,18-20H,6-11H2,1-5H3/t18?,19-,20-,22?,23?,24-/m0/s1. The summed E-state index contributed by atoms with van der Waals surface area (Å²) in [4.78, 5) is 36.8. The fourth-order valence-corrected chi connectivity index (χ4v) is 7.48. The summed E-state index contributed by atoms with van der Waals surface area (Å²) in [5.74, 6) is 1.03. The van der Waals surface area contributed by atoms with Crippen LogP contribution in [0.5, 0.6) is 0 Å². The predicted molar refractivity (Wildman–Crippen MR) is 106 cm³/mol. The van der Waals surface area contributed by atoms with E-state index in [-0.39, 0.29) is 28.4 Å². The molecule has 4 nitrogen and oxygen atoms in total. The van der Waals surface area contributed by atoms with Gasteiger partial charge in [0.1, 0.15) is 0 Å². The molecule has 0 aromatic carbocycles. The molecule has 152 valence electrons. The first-order valence-electron chi connectivity index (χ1n) is 10.7. The lowest BCUT2D eigenvalue weighted by Gasteiger charge is -2.58. The Hall–Kier alpha value is -1.71. The third-order valence-electron chi connectivity index (χ3n) is 8.84. The van der Waals surface area contributed by atoms with E-state index in [0.29, 0.717) is 30.6 Å². The van der Waals surface area contributed by atoms with E-state index in [9.17, 15) is 14.4 Å². The number of ketones is 2. The Bertz CT molecular complexity index is 820. The van der Waals surface area contributed by atoms with Crippen LogP contribution in [0.3, 0.4) is 0 Å². The highest BCUT2D eigenvalue weighted by atomic mass is 16.6. The van der Waals surface area contributed by atoms with Crippen LogP contribution in [0.15, 0.2) is 23.3 Å². The summed E-state index contributed by atoms with van der Waals surface area (Å²) in [6.45, 7) is 9.63. The van der Waals surface area contributed by atoms with E-state index in [1.54, 1.807) is 6.92 Å². The van der Waals surface area contributed by atoms with Crippen LogP contribution in [0.1, 0.15) is 73.1 Å². The Kier molecular flexibility index (Phi) is 4.30. The molecule has 0 heterocycles. The minimum Gasteiger partial charge on any atom is -0.451 e. The molecule has 2 fully saturated rings. The molecule has 3 unspecified atom stereocenters. The maximum atomic E-state index is 12.8. The fraction of sp³-hybridized carbons (Fsp3) is 0.708. The topological polar surface area (TPSA) is 60.4 Å². The van der Waals surface area contributed by atoms with Gasteiger partial charge in [0.15, 0.2) is 17.2 Å². The van der Waals surface area contributed by atoms with Gasteiger partial charge in [0, 0.05) is 18.8 Å².